The van der Waals surface area contributed by atoms with Gasteiger partial charge in [-0.05, 0) is 36.6 Å². The van der Waals surface area contributed by atoms with E-state index in [1.54, 1.807) is 23.1 Å². The van der Waals surface area contributed by atoms with Gasteiger partial charge in [0.2, 0.25) is 0 Å². The van der Waals surface area contributed by atoms with Gasteiger partial charge in [0.1, 0.15) is 0 Å². The molecule has 2 aromatic carbocycles. The Labute approximate surface area is 171 Å². The molecule has 1 fully saturated rings. The number of H-pyrrole nitrogens is 1. The summed E-state index contributed by atoms with van der Waals surface area (Å²) in [7, 11) is 0. The Kier molecular flexibility index (Phi) is 5.29. The molecule has 10 nitrogen and oxygen atoms in total. The van der Waals surface area contributed by atoms with Crippen molar-refractivity contribution >= 4 is 34.2 Å². The Bertz CT molecular complexity index is 1120. The van der Waals surface area contributed by atoms with E-state index in [0.717, 1.165) is 31.5 Å². The number of anilines is 1. The standard InChI is InChI=1S/C20H20N6O4/c27-19(18-16-11-15(26(29)30)6-7-17(16)23-24-18)21-12-13-4-3-5-14(10-13)22-20(28)25-8-1-2-9-25/h3-7,10-11H,1-2,8-9,12H2,(H,21,27)(H,22,28)(H,23,24). The Balaban J connectivity index is 1.43. The molecule has 0 spiro atoms. The highest BCUT2D eigenvalue weighted by Gasteiger charge is 2.19. The first-order chi connectivity index (χ1) is 14.5. The average molecular weight is 408 g/mol. The summed E-state index contributed by atoms with van der Waals surface area (Å²) in [5.41, 5.74) is 1.97. The minimum absolute atomic E-state index is 0.0900. The van der Waals surface area contributed by atoms with E-state index in [4.69, 9.17) is 0 Å². The summed E-state index contributed by atoms with van der Waals surface area (Å²) in [6.45, 7) is 1.74. The number of nitrogens with zero attached hydrogens (tertiary/aromatic N) is 3. The number of rotatable bonds is 5. The van der Waals surface area contributed by atoms with Crippen molar-refractivity contribution in [1.82, 2.24) is 20.4 Å². The number of fused-ring (bicyclic) bond motifs is 1. The van der Waals surface area contributed by atoms with E-state index in [2.05, 4.69) is 20.8 Å². The van der Waals surface area contributed by atoms with Crippen molar-refractivity contribution < 1.29 is 14.5 Å². The normalized spacial score (nSPS) is 13.4. The van der Waals surface area contributed by atoms with Gasteiger partial charge < -0.3 is 15.5 Å². The van der Waals surface area contributed by atoms with E-state index >= 15 is 0 Å². The highest BCUT2D eigenvalue weighted by Crippen LogP contribution is 2.22. The summed E-state index contributed by atoms with van der Waals surface area (Å²) in [6.07, 6.45) is 2.04. The molecule has 3 amide bonds. The van der Waals surface area contributed by atoms with Crippen molar-refractivity contribution in [2.75, 3.05) is 18.4 Å². The second kappa shape index (κ2) is 8.19. The molecular formula is C20H20N6O4. The molecule has 3 N–H and O–H groups in total. The smallest absolute Gasteiger partial charge is 0.321 e. The minimum Gasteiger partial charge on any atom is -0.347 e. The Morgan fingerprint density at radius 2 is 1.97 bits per heavy atom. The summed E-state index contributed by atoms with van der Waals surface area (Å²) in [4.78, 5) is 37.1. The topological polar surface area (TPSA) is 133 Å². The summed E-state index contributed by atoms with van der Waals surface area (Å²) in [5, 5.41) is 23.7. The van der Waals surface area contributed by atoms with Crippen LogP contribution in [0, 0.1) is 10.1 Å². The molecule has 0 aliphatic carbocycles. The van der Waals surface area contributed by atoms with Crippen molar-refractivity contribution in [2.45, 2.75) is 19.4 Å². The first kappa shape index (κ1) is 19.4. The van der Waals surface area contributed by atoms with Gasteiger partial charge in [-0.15, -0.1) is 0 Å². The SMILES string of the molecule is O=C(NCc1cccc(NC(=O)N2CCCC2)c1)c1n[nH]c2ccc([N+](=O)[O-])cc12. The van der Waals surface area contributed by atoms with Crippen molar-refractivity contribution in [2.24, 2.45) is 0 Å². The van der Waals surface area contributed by atoms with Crippen LogP contribution in [0.15, 0.2) is 42.5 Å². The number of aromatic amines is 1. The molecule has 2 heterocycles. The predicted octanol–water partition coefficient (Wildman–Crippen LogP) is 3.03. The first-order valence-electron chi connectivity index (χ1n) is 9.57. The van der Waals surface area contributed by atoms with Crippen LogP contribution in [0.25, 0.3) is 10.9 Å². The van der Waals surface area contributed by atoms with Crippen molar-refractivity contribution in [3.63, 3.8) is 0 Å². The number of nitrogens with one attached hydrogen (secondary N) is 3. The monoisotopic (exact) mass is 408 g/mol. The first-order valence-corrected chi connectivity index (χ1v) is 9.57. The number of aromatic nitrogens is 2. The van der Waals surface area contributed by atoms with Gasteiger partial charge in [0.15, 0.2) is 5.69 Å². The summed E-state index contributed by atoms with van der Waals surface area (Å²) in [5.74, 6) is -0.451. The second-order valence-electron chi connectivity index (χ2n) is 7.07. The molecule has 4 rings (SSSR count). The summed E-state index contributed by atoms with van der Waals surface area (Å²) < 4.78 is 0. The fourth-order valence-electron chi connectivity index (χ4n) is 3.44. The number of hydrogen-bond acceptors (Lipinski definition) is 5. The van der Waals surface area contributed by atoms with Crippen LogP contribution in [0.5, 0.6) is 0 Å². The van der Waals surface area contributed by atoms with Gasteiger partial charge in [0, 0.05) is 42.8 Å². The zero-order valence-electron chi connectivity index (χ0n) is 16.1. The molecule has 0 radical (unpaired) electrons. The number of benzene rings is 2. The fraction of sp³-hybridized carbons (Fsp3) is 0.250. The Hall–Kier alpha value is -3.95. The van der Waals surface area contributed by atoms with Gasteiger partial charge in [-0.3, -0.25) is 20.0 Å². The van der Waals surface area contributed by atoms with E-state index in [9.17, 15) is 19.7 Å². The van der Waals surface area contributed by atoms with Gasteiger partial charge in [-0.1, -0.05) is 12.1 Å². The van der Waals surface area contributed by atoms with Crippen molar-refractivity contribution in [3.05, 3.63) is 63.8 Å². The number of likely N-dealkylation sites (tertiary alicyclic amines) is 1. The van der Waals surface area contributed by atoms with Gasteiger partial charge in [0.25, 0.3) is 11.6 Å². The third kappa shape index (κ3) is 4.07. The van der Waals surface area contributed by atoms with Gasteiger partial charge in [-0.2, -0.15) is 5.10 Å². The molecule has 0 saturated carbocycles. The molecule has 0 unspecified atom stereocenters. The Morgan fingerprint density at radius 1 is 1.17 bits per heavy atom. The molecular weight excluding hydrogens is 388 g/mol. The van der Waals surface area contributed by atoms with Crippen molar-refractivity contribution in [1.29, 1.82) is 0 Å². The van der Waals surface area contributed by atoms with Crippen LogP contribution in [0.1, 0.15) is 28.9 Å². The maximum Gasteiger partial charge on any atom is 0.321 e. The van der Waals surface area contributed by atoms with Crippen LogP contribution in [-0.4, -0.2) is 45.0 Å². The average Bonchev–Trinajstić information content (AvgIpc) is 3.42. The van der Waals surface area contributed by atoms with E-state index in [1.165, 1.54) is 18.2 Å². The maximum atomic E-state index is 12.6. The zero-order chi connectivity index (χ0) is 21.1. The van der Waals surface area contributed by atoms with Crippen LogP contribution in [0.3, 0.4) is 0 Å². The third-order valence-corrected chi connectivity index (χ3v) is 5.00. The molecule has 154 valence electrons. The van der Waals surface area contributed by atoms with E-state index in [1.807, 2.05) is 6.07 Å². The number of carbonyl (C=O) groups excluding carboxylic acids is 2. The van der Waals surface area contributed by atoms with Crippen LogP contribution < -0.4 is 10.6 Å². The molecule has 0 bridgehead atoms. The molecule has 1 aromatic heterocycles. The van der Waals surface area contributed by atoms with E-state index < -0.39 is 10.8 Å². The Morgan fingerprint density at radius 3 is 2.73 bits per heavy atom. The minimum atomic E-state index is -0.518. The molecule has 0 atom stereocenters. The maximum absolute atomic E-state index is 12.6. The van der Waals surface area contributed by atoms with Gasteiger partial charge in [-0.25, -0.2) is 4.79 Å². The number of nitro benzene ring substituents is 1. The predicted molar refractivity (Wildman–Crippen MR) is 110 cm³/mol. The van der Waals surface area contributed by atoms with E-state index in [0.29, 0.717) is 16.6 Å². The summed E-state index contributed by atoms with van der Waals surface area (Å²) in [6, 6.07) is 11.3. The number of hydrogen-bond donors (Lipinski definition) is 3. The second-order valence-corrected chi connectivity index (χ2v) is 7.07. The van der Waals surface area contributed by atoms with Crippen molar-refractivity contribution in [3.8, 4) is 0 Å². The van der Waals surface area contributed by atoms with Crippen LogP contribution in [0.2, 0.25) is 0 Å². The molecule has 3 aromatic rings. The largest absolute Gasteiger partial charge is 0.347 e. The highest BCUT2D eigenvalue weighted by atomic mass is 16.6. The molecule has 10 heteroatoms. The number of carbonyl (C=O) groups is 2. The molecule has 1 saturated heterocycles. The lowest BCUT2D eigenvalue weighted by molar-refractivity contribution is -0.384. The number of amides is 3. The number of urea groups is 1. The molecule has 1 aliphatic rings. The number of nitro groups is 1. The lowest BCUT2D eigenvalue weighted by atomic mass is 10.1. The summed E-state index contributed by atoms with van der Waals surface area (Å²) >= 11 is 0. The lowest BCUT2D eigenvalue weighted by Crippen LogP contribution is -2.32. The molecule has 1 aliphatic heterocycles. The van der Waals surface area contributed by atoms with Crippen LogP contribution >= 0.6 is 0 Å². The lowest BCUT2D eigenvalue weighted by Gasteiger charge is -2.16. The van der Waals surface area contributed by atoms with Gasteiger partial charge in [0.05, 0.1) is 10.4 Å². The third-order valence-electron chi connectivity index (χ3n) is 5.00. The van der Waals surface area contributed by atoms with Gasteiger partial charge >= 0.3 is 6.03 Å². The van der Waals surface area contributed by atoms with Crippen LogP contribution in [-0.2, 0) is 6.54 Å². The zero-order valence-corrected chi connectivity index (χ0v) is 16.1. The van der Waals surface area contributed by atoms with Crippen LogP contribution in [0.4, 0.5) is 16.2 Å². The fourth-order valence-corrected chi connectivity index (χ4v) is 3.44. The van der Waals surface area contributed by atoms with E-state index in [-0.39, 0.29) is 24.0 Å². The highest BCUT2D eigenvalue weighted by molar-refractivity contribution is 6.05. The molecule has 30 heavy (non-hydrogen) atoms. The number of non-ortho nitro benzene ring substituents is 1. The quantitative estimate of drug-likeness (QED) is 0.441.